The molecule has 0 saturated heterocycles. The lowest BCUT2D eigenvalue weighted by Gasteiger charge is -2.33. The maximum Gasteiger partial charge on any atom is 0.266 e. The molecular weight excluding hydrogens is 548 g/mol. The molecule has 42 heavy (non-hydrogen) atoms. The van der Waals surface area contributed by atoms with E-state index in [1.165, 1.54) is 0 Å². The first-order valence-electron chi connectivity index (χ1n) is 13.7. The van der Waals surface area contributed by atoms with Crippen LogP contribution in [0.2, 0.25) is 0 Å². The third-order valence-electron chi connectivity index (χ3n) is 7.31. The molecule has 3 atom stereocenters. The van der Waals surface area contributed by atoms with Gasteiger partial charge in [0.25, 0.3) is 11.8 Å². The number of hydroxylamine groups is 2. The van der Waals surface area contributed by atoms with Crippen LogP contribution in [0.1, 0.15) is 18.1 Å². The smallest absolute Gasteiger partial charge is 0.266 e. The van der Waals surface area contributed by atoms with Crippen molar-refractivity contribution in [1.29, 1.82) is 0 Å². The second kappa shape index (κ2) is 14.8. The van der Waals surface area contributed by atoms with Crippen molar-refractivity contribution in [3.05, 3.63) is 120 Å². The zero-order chi connectivity index (χ0) is 30.0. The second-order valence-corrected chi connectivity index (χ2v) is 10.4. The summed E-state index contributed by atoms with van der Waals surface area (Å²) in [7, 11) is 0. The highest BCUT2D eigenvalue weighted by Crippen LogP contribution is 2.28. The lowest BCUT2D eigenvalue weighted by atomic mass is 9.83. The van der Waals surface area contributed by atoms with Crippen LogP contribution in [-0.2, 0) is 27.4 Å². The van der Waals surface area contributed by atoms with Gasteiger partial charge in [-0.25, -0.2) is 11.0 Å². The summed E-state index contributed by atoms with van der Waals surface area (Å²) in [5.41, 5.74) is 14.8. The van der Waals surface area contributed by atoms with Crippen molar-refractivity contribution < 1.29 is 19.6 Å². The Labute approximate surface area is 251 Å². The molecule has 0 bridgehead atoms. The molecule has 0 aliphatic rings. The molecule has 4 aromatic rings. The van der Waals surface area contributed by atoms with Crippen LogP contribution in [0, 0.1) is 0 Å². The Bertz CT molecular complexity index is 1470. The van der Waals surface area contributed by atoms with E-state index in [2.05, 4.69) is 23.4 Å². The minimum absolute atomic E-state index is 0.0337. The Morgan fingerprint density at radius 2 is 1.33 bits per heavy atom. The third kappa shape index (κ3) is 7.44. The fraction of sp³-hybridized carbons (Fsp3) is 0.212. The lowest BCUT2D eigenvalue weighted by molar-refractivity contribution is -0.153. The summed E-state index contributed by atoms with van der Waals surface area (Å²) in [5.74, 6) is -1.11. The van der Waals surface area contributed by atoms with E-state index in [-0.39, 0.29) is 12.2 Å². The summed E-state index contributed by atoms with van der Waals surface area (Å²) in [4.78, 5) is 31.6. The SMILES string of the molecule is C[C@@H](ONC(=O)[C@H](CS)NCc1ccccc1-c1ccccc1)[C@@](N)(Cc1ccccc1-c1ccccc1)C(=O)NO. The van der Waals surface area contributed by atoms with Crippen LogP contribution in [0.5, 0.6) is 0 Å². The van der Waals surface area contributed by atoms with Crippen LogP contribution in [0.15, 0.2) is 109 Å². The molecule has 0 unspecified atom stereocenters. The normalized spacial score (nSPS) is 13.9. The fourth-order valence-corrected chi connectivity index (χ4v) is 5.07. The molecule has 2 amide bonds. The van der Waals surface area contributed by atoms with E-state index in [1.807, 2.05) is 109 Å². The van der Waals surface area contributed by atoms with E-state index >= 15 is 0 Å². The van der Waals surface area contributed by atoms with Gasteiger partial charge in [-0.1, -0.05) is 109 Å². The van der Waals surface area contributed by atoms with Gasteiger partial charge in [0, 0.05) is 18.7 Å². The average molecular weight is 585 g/mol. The van der Waals surface area contributed by atoms with Gasteiger partial charge in [0.1, 0.15) is 11.6 Å². The summed E-state index contributed by atoms with van der Waals surface area (Å²) in [6.07, 6.45) is -0.983. The summed E-state index contributed by atoms with van der Waals surface area (Å²) < 4.78 is 0. The number of hydrogen-bond acceptors (Lipinski definition) is 7. The number of nitrogens with one attached hydrogen (secondary N) is 3. The number of amides is 2. The van der Waals surface area contributed by atoms with Gasteiger partial charge < -0.3 is 11.1 Å². The number of carbonyl (C=O) groups excluding carboxylic acids is 2. The highest BCUT2D eigenvalue weighted by Gasteiger charge is 2.42. The van der Waals surface area contributed by atoms with E-state index in [9.17, 15) is 14.8 Å². The summed E-state index contributed by atoms with van der Waals surface area (Å²) >= 11 is 4.36. The van der Waals surface area contributed by atoms with Gasteiger partial charge in [-0.15, -0.1) is 0 Å². The Hall–Kier alpha value is -3.99. The van der Waals surface area contributed by atoms with E-state index in [0.29, 0.717) is 6.54 Å². The minimum atomic E-state index is -1.72. The molecule has 0 aromatic heterocycles. The predicted molar refractivity (Wildman–Crippen MR) is 167 cm³/mol. The number of nitrogens with two attached hydrogens (primary N) is 1. The molecule has 8 nitrogen and oxygen atoms in total. The molecule has 6 N–H and O–H groups in total. The fourth-order valence-electron chi connectivity index (χ4n) is 4.77. The number of hydrogen-bond donors (Lipinski definition) is 6. The topological polar surface area (TPSA) is 126 Å². The largest absolute Gasteiger partial charge is 0.315 e. The molecule has 0 saturated carbocycles. The van der Waals surface area contributed by atoms with Gasteiger partial charge in [0.15, 0.2) is 0 Å². The highest BCUT2D eigenvalue weighted by molar-refractivity contribution is 7.80. The number of benzene rings is 4. The third-order valence-corrected chi connectivity index (χ3v) is 7.68. The van der Waals surface area contributed by atoms with Crippen molar-refractivity contribution in [2.24, 2.45) is 5.73 Å². The molecule has 0 radical (unpaired) electrons. The average Bonchev–Trinajstić information content (AvgIpc) is 3.04. The Balaban J connectivity index is 1.44. The van der Waals surface area contributed by atoms with Crippen LogP contribution in [0.25, 0.3) is 22.3 Å². The molecule has 218 valence electrons. The van der Waals surface area contributed by atoms with Crippen LogP contribution in [-0.4, -0.2) is 40.5 Å². The quantitative estimate of drug-likeness (QED) is 0.0791. The number of carbonyl (C=O) groups is 2. The standard InChI is InChI=1S/C33H36N4O4S/c1-23(33(34,32(39)36-40)20-26-16-8-10-18-28(26)24-12-4-2-5-13-24)41-37-31(38)30(22-42)35-21-27-17-9-11-19-29(27)25-14-6-3-7-15-25/h2-19,23,30,35,40,42H,20-22,34H2,1H3,(H,36,39)(H,37,38)/t23-,30+,33+/m1/s1. The van der Waals surface area contributed by atoms with Gasteiger partial charge in [-0.05, 0) is 40.3 Å². The van der Waals surface area contributed by atoms with Gasteiger partial charge in [-0.3, -0.25) is 19.6 Å². The number of thiol groups is 1. The summed E-state index contributed by atoms with van der Waals surface area (Å²) in [5, 5.41) is 12.8. The Kier molecular flexibility index (Phi) is 10.9. The molecule has 0 aliphatic carbocycles. The van der Waals surface area contributed by atoms with Crippen LogP contribution >= 0.6 is 12.6 Å². The first-order valence-corrected chi connectivity index (χ1v) is 14.3. The monoisotopic (exact) mass is 584 g/mol. The molecule has 4 rings (SSSR count). The Morgan fingerprint density at radius 3 is 1.88 bits per heavy atom. The van der Waals surface area contributed by atoms with Crippen molar-refractivity contribution in [3.63, 3.8) is 0 Å². The first-order chi connectivity index (χ1) is 20.4. The van der Waals surface area contributed by atoms with Gasteiger partial charge in [-0.2, -0.15) is 12.6 Å². The van der Waals surface area contributed by atoms with Crippen LogP contribution < -0.4 is 22.0 Å². The molecule has 0 spiro atoms. The van der Waals surface area contributed by atoms with Gasteiger partial charge in [0.05, 0.1) is 6.04 Å². The molecular formula is C33H36N4O4S. The van der Waals surface area contributed by atoms with E-state index in [1.54, 1.807) is 12.4 Å². The van der Waals surface area contributed by atoms with Crippen molar-refractivity contribution in [3.8, 4) is 22.3 Å². The van der Waals surface area contributed by atoms with Crippen molar-refractivity contribution in [1.82, 2.24) is 16.3 Å². The van der Waals surface area contributed by atoms with Crippen molar-refractivity contribution >= 4 is 24.4 Å². The summed E-state index contributed by atoms with van der Waals surface area (Å²) in [6.45, 7) is 1.99. The summed E-state index contributed by atoms with van der Waals surface area (Å²) in [6, 6.07) is 34.6. The van der Waals surface area contributed by atoms with Gasteiger partial charge >= 0.3 is 0 Å². The highest BCUT2D eigenvalue weighted by atomic mass is 32.1. The second-order valence-electron chi connectivity index (χ2n) is 10.0. The molecule has 0 fully saturated rings. The van der Waals surface area contributed by atoms with Crippen molar-refractivity contribution in [2.75, 3.05) is 5.75 Å². The maximum atomic E-state index is 13.1. The first kappa shape index (κ1) is 31.0. The Morgan fingerprint density at radius 1 is 0.833 bits per heavy atom. The van der Waals surface area contributed by atoms with E-state index in [0.717, 1.165) is 33.4 Å². The number of rotatable bonds is 13. The molecule has 0 heterocycles. The molecule has 9 heteroatoms. The lowest BCUT2D eigenvalue weighted by Crippen LogP contribution is -2.63. The molecule has 0 aliphatic heterocycles. The zero-order valence-corrected chi connectivity index (χ0v) is 24.3. The van der Waals surface area contributed by atoms with Crippen LogP contribution in [0.4, 0.5) is 0 Å². The van der Waals surface area contributed by atoms with E-state index < -0.39 is 29.5 Å². The predicted octanol–water partition coefficient (Wildman–Crippen LogP) is 4.29. The van der Waals surface area contributed by atoms with E-state index in [4.69, 9.17) is 10.6 Å². The van der Waals surface area contributed by atoms with Gasteiger partial charge in [0.2, 0.25) is 0 Å². The van der Waals surface area contributed by atoms with Crippen molar-refractivity contribution in [2.45, 2.75) is 37.6 Å². The van der Waals surface area contributed by atoms with Crippen LogP contribution in [0.3, 0.4) is 0 Å². The maximum absolute atomic E-state index is 13.1. The zero-order valence-electron chi connectivity index (χ0n) is 23.4. The molecule has 4 aromatic carbocycles. The minimum Gasteiger partial charge on any atom is -0.315 e.